The Kier molecular flexibility index (Phi) is 6.56. The number of carbonyl (C=O) groups excluding carboxylic acids is 1. The zero-order valence-electron chi connectivity index (χ0n) is 18.2. The molecule has 0 aromatic heterocycles. The van der Waals surface area contributed by atoms with E-state index in [1.807, 2.05) is 4.90 Å². The van der Waals surface area contributed by atoms with Crippen LogP contribution in [0.5, 0.6) is 5.75 Å². The molecule has 2 aromatic rings. The second kappa shape index (κ2) is 8.84. The maximum Gasteiger partial charge on any atom is 0.254 e. The molecule has 1 amide bonds. The molecule has 0 radical (unpaired) electrons. The van der Waals surface area contributed by atoms with Gasteiger partial charge in [0.2, 0.25) is 10.0 Å². The number of hydrogen-bond donors (Lipinski definition) is 1. The molecule has 9 heteroatoms. The van der Waals surface area contributed by atoms with Gasteiger partial charge in [0.25, 0.3) is 5.91 Å². The minimum absolute atomic E-state index is 0.0826. The van der Waals surface area contributed by atoms with Crippen molar-refractivity contribution in [3.63, 3.8) is 0 Å². The summed E-state index contributed by atoms with van der Waals surface area (Å²) in [6.07, 6.45) is 0. The third-order valence-corrected chi connectivity index (χ3v) is 6.68. The number of nitrogens with one attached hydrogen (secondary N) is 1. The Bertz CT molecular complexity index is 1060. The number of hydrogen-bond acceptors (Lipinski definition) is 5. The molecule has 2 aromatic carbocycles. The first kappa shape index (κ1) is 23.0. The molecule has 0 spiro atoms. The van der Waals surface area contributed by atoms with Gasteiger partial charge in [-0.25, -0.2) is 17.5 Å². The first-order chi connectivity index (χ1) is 14.5. The average Bonchev–Trinajstić information content (AvgIpc) is 2.71. The van der Waals surface area contributed by atoms with Gasteiger partial charge in [-0.1, -0.05) is 12.1 Å². The lowest BCUT2D eigenvalue weighted by molar-refractivity contribution is 0.0746. The van der Waals surface area contributed by atoms with Crippen LogP contribution in [0.15, 0.2) is 47.4 Å². The summed E-state index contributed by atoms with van der Waals surface area (Å²) in [7, 11) is -2.51. The Morgan fingerprint density at radius 3 is 2.29 bits per heavy atom. The number of rotatable bonds is 5. The van der Waals surface area contributed by atoms with E-state index in [0.717, 1.165) is 0 Å². The van der Waals surface area contributed by atoms with Crippen molar-refractivity contribution < 1.29 is 22.3 Å². The number of anilines is 1. The summed E-state index contributed by atoms with van der Waals surface area (Å²) in [6.45, 7) is 6.99. The predicted octanol–water partition coefficient (Wildman–Crippen LogP) is 2.87. The van der Waals surface area contributed by atoms with Gasteiger partial charge >= 0.3 is 0 Å². The van der Waals surface area contributed by atoms with Crippen LogP contribution >= 0.6 is 0 Å². The van der Waals surface area contributed by atoms with Crippen molar-refractivity contribution in [1.29, 1.82) is 0 Å². The highest BCUT2D eigenvalue weighted by atomic mass is 32.2. The van der Waals surface area contributed by atoms with E-state index < -0.39 is 15.6 Å². The van der Waals surface area contributed by atoms with Crippen molar-refractivity contribution >= 4 is 21.6 Å². The van der Waals surface area contributed by atoms with Crippen molar-refractivity contribution in [2.75, 3.05) is 38.2 Å². The van der Waals surface area contributed by atoms with Crippen LogP contribution in [-0.2, 0) is 10.0 Å². The number of sulfonamides is 1. The second-order valence-corrected chi connectivity index (χ2v) is 10.1. The van der Waals surface area contributed by atoms with Crippen molar-refractivity contribution in [1.82, 2.24) is 9.62 Å². The molecule has 1 saturated heterocycles. The molecule has 7 nitrogen and oxygen atoms in total. The van der Waals surface area contributed by atoms with Gasteiger partial charge in [0.05, 0.1) is 12.8 Å². The van der Waals surface area contributed by atoms with E-state index in [-0.39, 0.29) is 27.9 Å². The van der Waals surface area contributed by atoms with Crippen molar-refractivity contribution in [3.8, 4) is 5.75 Å². The van der Waals surface area contributed by atoms with Crippen molar-refractivity contribution in [2.45, 2.75) is 31.2 Å². The summed E-state index contributed by atoms with van der Waals surface area (Å²) in [5, 5.41) is 0. The molecule has 0 saturated carbocycles. The number of para-hydroxylation sites is 1. The minimum atomic E-state index is -3.89. The van der Waals surface area contributed by atoms with Gasteiger partial charge in [-0.05, 0) is 51.1 Å². The Balaban J connectivity index is 1.79. The molecule has 1 fully saturated rings. The van der Waals surface area contributed by atoms with E-state index >= 15 is 0 Å². The number of carbonyl (C=O) groups is 1. The molecule has 0 unspecified atom stereocenters. The van der Waals surface area contributed by atoms with Crippen LogP contribution in [0.25, 0.3) is 0 Å². The highest BCUT2D eigenvalue weighted by molar-refractivity contribution is 7.89. The molecule has 1 N–H and O–H groups in total. The maximum atomic E-state index is 14.0. The summed E-state index contributed by atoms with van der Waals surface area (Å²) in [5.41, 5.74) is 0.0856. The average molecular weight is 450 g/mol. The van der Waals surface area contributed by atoms with Gasteiger partial charge in [0.1, 0.15) is 16.5 Å². The summed E-state index contributed by atoms with van der Waals surface area (Å²) in [5.74, 6) is -0.403. The molecular weight excluding hydrogens is 421 g/mol. The van der Waals surface area contributed by atoms with Gasteiger partial charge < -0.3 is 14.5 Å². The zero-order chi connectivity index (χ0) is 22.8. The Morgan fingerprint density at radius 2 is 1.71 bits per heavy atom. The van der Waals surface area contributed by atoms with Gasteiger partial charge in [0, 0.05) is 37.3 Å². The van der Waals surface area contributed by atoms with Gasteiger partial charge in [-0.15, -0.1) is 0 Å². The number of nitrogens with zero attached hydrogens (tertiary/aromatic N) is 2. The third kappa shape index (κ3) is 5.34. The van der Waals surface area contributed by atoms with E-state index in [1.54, 1.807) is 49.9 Å². The number of piperazine rings is 1. The number of ether oxygens (including phenoxy) is 1. The number of benzene rings is 2. The predicted molar refractivity (Wildman–Crippen MR) is 118 cm³/mol. The lowest BCUT2D eigenvalue weighted by Gasteiger charge is -2.36. The molecule has 3 rings (SSSR count). The monoisotopic (exact) mass is 449 g/mol. The van der Waals surface area contributed by atoms with E-state index in [0.29, 0.717) is 31.9 Å². The van der Waals surface area contributed by atoms with Crippen LogP contribution in [0.3, 0.4) is 0 Å². The molecule has 0 atom stereocenters. The first-order valence-corrected chi connectivity index (χ1v) is 11.5. The first-order valence-electron chi connectivity index (χ1n) is 10.0. The minimum Gasteiger partial charge on any atom is -0.495 e. The normalized spacial score (nSPS) is 15.1. The number of methoxy groups -OCH3 is 1. The van der Waals surface area contributed by atoms with E-state index in [9.17, 15) is 17.6 Å². The molecular formula is C22H28FN3O4S. The van der Waals surface area contributed by atoms with E-state index in [1.165, 1.54) is 25.3 Å². The summed E-state index contributed by atoms with van der Waals surface area (Å²) < 4.78 is 47.5. The summed E-state index contributed by atoms with van der Waals surface area (Å²) >= 11 is 0. The largest absolute Gasteiger partial charge is 0.495 e. The highest BCUT2D eigenvalue weighted by Gasteiger charge is 2.28. The Morgan fingerprint density at radius 1 is 1.06 bits per heavy atom. The molecule has 0 aliphatic carbocycles. The SMILES string of the molecule is COc1ccc(C(=O)N2CCN(c3ccccc3F)CC2)cc1S(=O)(=O)NC(C)(C)C. The fourth-order valence-electron chi connectivity index (χ4n) is 3.52. The lowest BCUT2D eigenvalue weighted by atomic mass is 10.1. The van der Waals surface area contributed by atoms with E-state index in [4.69, 9.17) is 4.74 Å². The molecule has 0 bridgehead atoms. The van der Waals surface area contributed by atoms with Crippen LogP contribution in [-0.4, -0.2) is 58.1 Å². The third-order valence-electron chi connectivity index (χ3n) is 4.90. The topological polar surface area (TPSA) is 79.0 Å². The smallest absolute Gasteiger partial charge is 0.254 e. The molecule has 1 heterocycles. The Hall–Kier alpha value is -2.65. The Labute approximate surface area is 182 Å². The van der Waals surface area contributed by atoms with Gasteiger partial charge in [0.15, 0.2) is 0 Å². The van der Waals surface area contributed by atoms with Crippen LogP contribution in [0.2, 0.25) is 0 Å². The quantitative estimate of drug-likeness (QED) is 0.760. The van der Waals surface area contributed by atoms with Crippen LogP contribution in [0.4, 0.5) is 10.1 Å². The summed E-state index contributed by atoms with van der Waals surface area (Å²) in [4.78, 5) is 16.5. The van der Waals surface area contributed by atoms with Crippen LogP contribution < -0.4 is 14.4 Å². The standard InChI is InChI=1S/C22H28FN3O4S/c1-22(2,3)24-31(28,29)20-15-16(9-10-19(20)30-4)21(27)26-13-11-25(12-14-26)18-8-6-5-7-17(18)23/h5-10,15,24H,11-14H2,1-4H3. The summed E-state index contributed by atoms with van der Waals surface area (Å²) in [6, 6.07) is 10.9. The number of amides is 1. The maximum absolute atomic E-state index is 14.0. The van der Waals surface area contributed by atoms with Crippen LogP contribution in [0, 0.1) is 5.82 Å². The van der Waals surface area contributed by atoms with E-state index in [2.05, 4.69) is 4.72 Å². The van der Waals surface area contributed by atoms with Gasteiger partial charge in [-0.3, -0.25) is 4.79 Å². The highest BCUT2D eigenvalue weighted by Crippen LogP contribution is 2.27. The van der Waals surface area contributed by atoms with Gasteiger partial charge in [-0.2, -0.15) is 0 Å². The van der Waals surface area contributed by atoms with Crippen molar-refractivity contribution in [3.05, 3.63) is 53.8 Å². The fraction of sp³-hybridized carbons (Fsp3) is 0.409. The van der Waals surface area contributed by atoms with Crippen molar-refractivity contribution in [2.24, 2.45) is 0 Å². The molecule has 168 valence electrons. The van der Waals surface area contributed by atoms with Crippen LogP contribution in [0.1, 0.15) is 31.1 Å². The molecule has 1 aliphatic rings. The second-order valence-electron chi connectivity index (χ2n) is 8.45. The molecule has 1 aliphatic heterocycles. The fourth-order valence-corrected chi connectivity index (χ4v) is 5.13. The lowest BCUT2D eigenvalue weighted by Crippen LogP contribution is -2.49. The number of halogens is 1. The zero-order valence-corrected chi connectivity index (χ0v) is 19.0. The molecule has 31 heavy (non-hydrogen) atoms.